The van der Waals surface area contributed by atoms with E-state index in [4.69, 9.17) is 4.74 Å². The lowest BCUT2D eigenvalue weighted by atomic mass is 10.1. The number of carbonyl (C=O) groups is 2. The number of fused-ring (bicyclic) bond motifs is 1. The van der Waals surface area contributed by atoms with Crippen LogP contribution >= 0.6 is 0 Å². The molecule has 4 nitrogen and oxygen atoms in total. The molecule has 2 aromatic carbocycles. The van der Waals surface area contributed by atoms with E-state index < -0.39 is 0 Å². The van der Waals surface area contributed by atoms with E-state index in [-0.39, 0.29) is 22.9 Å². The van der Waals surface area contributed by atoms with E-state index >= 15 is 0 Å². The third-order valence-corrected chi connectivity index (χ3v) is 3.50. The first-order valence-electron chi connectivity index (χ1n) is 6.97. The largest absolute Gasteiger partial charge is 0.504 e. The van der Waals surface area contributed by atoms with Crippen molar-refractivity contribution in [3.8, 4) is 11.5 Å². The van der Waals surface area contributed by atoms with Crippen LogP contribution in [0.2, 0.25) is 0 Å². The first-order chi connectivity index (χ1) is 10.6. The molecule has 0 unspecified atom stereocenters. The summed E-state index contributed by atoms with van der Waals surface area (Å²) in [6.07, 6.45) is 1.53. The molecule has 0 spiro atoms. The molecule has 1 aliphatic carbocycles. The van der Waals surface area contributed by atoms with Crippen LogP contribution in [0.1, 0.15) is 33.2 Å². The molecule has 0 saturated carbocycles. The molecule has 0 aliphatic heterocycles. The SMILES string of the molecule is CCOc1cc(C=C2C(=O)c3ccccc3C2=O)ccc1O. The van der Waals surface area contributed by atoms with Crippen molar-refractivity contribution in [1.82, 2.24) is 0 Å². The number of Topliss-reactive ketones (excluding diaryl/α,β-unsaturated/α-hetero) is 2. The third kappa shape index (κ3) is 2.29. The Morgan fingerprint density at radius 3 is 2.27 bits per heavy atom. The second kappa shape index (κ2) is 5.48. The zero-order chi connectivity index (χ0) is 15.7. The molecule has 110 valence electrons. The quantitative estimate of drug-likeness (QED) is 0.697. The van der Waals surface area contributed by atoms with Gasteiger partial charge < -0.3 is 9.84 Å². The van der Waals surface area contributed by atoms with Gasteiger partial charge in [-0.15, -0.1) is 0 Å². The molecule has 22 heavy (non-hydrogen) atoms. The molecule has 0 heterocycles. The Morgan fingerprint density at radius 1 is 1.05 bits per heavy atom. The van der Waals surface area contributed by atoms with Gasteiger partial charge in [-0.2, -0.15) is 0 Å². The van der Waals surface area contributed by atoms with Crippen LogP contribution in [0, 0.1) is 0 Å². The fraction of sp³-hybridized carbons (Fsp3) is 0.111. The van der Waals surface area contributed by atoms with Crippen LogP contribution in [-0.4, -0.2) is 23.3 Å². The number of ketones is 2. The van der Waals surface area contributed by atoms with Crippen molar-refractivity contribution in [2.45, 2.75) is 6.92 Å². The number of carbonyl (C=O) groups excluding carboxylic acids is 2. The lowest BCUT2D eigenvalue weighted by Gasteiger charge is -2.06. The summed E-state index contributed by atoms with van der Waals surface area (Å²) in [5, 5.41) is 9.69. The van der Waals surface area contributed by atoms with Crippen LogP contribution in [0.5, 0.6) is 11.5 Å². The van der Waals surface area contributed by atoms with Gasteiger partial charge in [0.2, 0.25) is 0 Å². The first kappa shape index (κ1) is 14.1. The third-order valence-electron chi connectivity index (χ3n) is 3.50. The fourth-order valence-corrected chi connectivity index (χ4v) is 2.46. The molecule has 1 N–H and O–H groups in total. The normalized spacial score (nSPS) is 13.2. The molecule has 0 radical (unpaired) electrons. The molecule has 0 bridgehead atoms. The van der Waals surface area contributed by atoms with Crippen molar-refractivity contribution in [1.29, 1.82) is 0 Å². The number of phenols is 1. The van der Waals surface area contributed by atoms with Crippen molar-refractivity contribution in [2.75, 3.05) is 6.61 Å². The molecule has 0 saturated heterocycles. The molecule has 2 aromatic rings. The zero-order valence-electron chi connectivity index (χ0n) is 12.0. The Kier molecular flexibility index (Phi) is 3.51. The minimum absolute atomic E-state index is 0.0244. The molecular formula is C18H14O4. The van der Waals surface area contributed by atoms with E-state index in [9.17, 15) is 14.7 Å². The topological polar surface area (TPSA) is 63.6 Å². The summed E-state index contributed by atoms with van der Waals surface area (Å²) in [7, 11) is 0. The Balaban J connectivity index is 2.02. The Labute approximate surface area is 127 Å². The van der Waals surface area contributed by atoms with Crippen LogP contribution in [0.4, 0.5) is 0 Å². The number of hydrogen-bond donors (Lipinski definition) is 1. The van der Waals surface area contributed by atoms with Crippen LogP contribution in [0.3, 0.4) is 0 Å². The van der Waals surface area contributed by atoms with Crippen molar-refractivity contribution < 1.29 is 19.4 Å². The van der Waals surface area contributed by atoms with Crippen molar-refractivity contribution in [3.05, 3.63) is 64.7 Å². The second-order valence-electron chi connectivity index (χ2n) is 4.92. The summed E-state index contributed by atoms with van der Waals surface area (Å²) in [6, 6.07) is 11.5. The van der Waals surface area contributed by atoms with Gasteiger partial charge >= 0.3 is 0 Å². The Morgan fingerprint density at radius 2 is 1.68 bits per heavy atom. The van der Waals surface area contributed by atoms with Crippen molar-refractivity contribution >= 4 is 17.6 Å². The maximum atomic E-state index is 12.3. The number of hydrogen-bond acceptors (Lipinski definition) is 4. The molecule has 4 heteroatoms. The van der Waals surface area contributed by atoms with Crippen LogP contribution in [0.25, 0.3) is 6.08 Å². The van der Waals surface area contributed by atoms with Crippen molar-refractivity contribution in [3.63, 3.8) is 0 Å². The highest BCUT2D eigenvalue weighted by Crippen LogP contribution is 2.31. The number of phenolic OH excluding ortho intramolecular Hbond substituents is 1. The molecule has 0 aromatic heterocycles. The number of allylic oxidation sites excluding steroid dienone is 1. The van der Waals surface area contributed by atoms with Crippen molar-refractivity contribution in [2.24, 2.45) is 0 Å². The molecule has 3 rings (SSSR count). The van der Waals surface area contributed by atoms with Crippen LogP contribution in [0.15, 0.2) is 48.0 Å². The maximum absolute atomic E-state index is 12.3. The van der Waals surface area contributed by atoms with Gasteiger partial charge in [-0.1, -0.05) is 30.3 Å². The molecule has 0 atom stereocenters. The van der Waals surface area contributed by atoms with Gasteiger partial charge in [0.15, 0.2) is 23.1 Å². The monoisotopic (exact) mass is 294 g/mol. The van der Waals surface area contributed by atoms with E-state index in [1.807, 2.05) is 6.92 Å². The number of benzene rings is 2. The van der Waals surface area contributed by atoms with E-state index in [1.165, 1.54) is 12.1 Å². The maximum Gasteiger partial charge on any atom is 0.197 e. The standard InChI is InChI=1S/C18H14O4/c1-2-22-16-10-11(7-8-15(16)19)9-14-17(20)12-5-3-4-6-13(12)18(14)21/h3-10,19H,2H2,1H3. The second-order valence-corrected chi connectivity index (χ2v) is 4.92. The smallest absolute Gasteiger partial charge is 0.197 e. The van der Waals surface area contributed by atoms with Gasteiger partial charge in [-0.25, -0.2) is 0 Å². The van der Waals surface area contributed by atoms with Crippen LogP contribution < -0.4 is 4.74 Å². The fourth-order valence-electron chi connectivity index (χ4n) is 2.46. The first-order valence-corrected chi connectivity index (χ1v) is 6.97. The van der Waals surface area contributed by atoms with E-state index in [1.54, 1.807) is 36.4 Å². The zero-order valence-corrected chi connectivity index (χ0v) is 12.0. The molecule has 0 fully saturated rings. The summed E-state index contributed by atoms with van der Waals surface area (Å²) >= 11 is 0. The highest BCUT2D eigenvalue weighted by Gasteiger charge is 2.32. The summed E-state index contributed by atoms with van der Waals surface area (Å²) in [5.74, 6) is -0.193. The predicted octanol–water partition coefficient (Wildman–Crippen LogP) is 3.25. The summed E-state index contributed by atoms with van der Waals surface area (Å²) in [6.45, 7) is 2.22. The lowest BCUT2D eigenvalue weighted by molar-refractivity contribution is 0.0990. The average molecular weight is 294 g/mol. The van der Waals surface area contributed by atoms with E-state index in [0.717, 1.165) is 0 Å². The number of aromatic hydroxyl groups is 1. The summed E-state index contributed by atoms with van der Waals surface area (Å²) in [4.78, 5) is 24.6. The van der Waals surface area contributed by atoms with Gasteiger partial charge in [-0.05, 0) is 30.7 Å². The van der Waals surface area contributed by atoms with Gasteiger partial charge in [0.25, 0.3) is 0 Å². The minimum Gasteiger partial charge on any atom is -0.504 e. The summed E-state index contributed by atoms with van der Waals surface area (Å²) < 4.78 is 5.31. The summed E-state index contributed by atoms with van der Waals surface area (Å²) in [5.41, 5.74) is 1.63. The number of rotatable bonds is 3. The highest BCUT2D eigenvalue weighted by molar-refractivity contribution is 6.41. The average Bonchev–Trinajstić information content (AvgIpc) is 2.76. The van der Waals surface area contributed by atoms with Gasteiger partial charge in [0.1, 0.15) is 0 Å². The van der Waals surface area contributed by atoms with E-state index in [0.29, 0.717) is 29.0 Å². The Hall–Kier alpha value is -2.88. The van der Waals surface area contributed by atoms with Gasteiger partial charge in [-0.3, -0.25) is 9.59 Å². The Bertz CT molecular complexity index is 765. The molecule has 0 amide bonds. The van der Waals surface area contributed by atoms with Gasteiger partial charge in [0, 0.05) is 11.1 Å². The van der Waals surface area contributed by atoms with E-state index in [2.05, 4.69) is 0 Å². The van der Waals surface area contributed by atoms with Crippen LogP contribution in [-0.2, 0) is 0 Å². The van der Waals surface area contributed by atoms with Gasteiger partial charge in [0.05, 0.1) is 12.2 Å². The minimum atomic E-state index is -0.272. The predicted molar refractivity (Wildman–Crippen MR) is 82.4 cm³/mol. The molecule has 1 aliphatic rings. The molecular weight excluding hydrogens is 280 g/mol. The highest BCUT2D eigenvalue weighted by atomic mass is 16.5. The lowest BCUT2D eigenvalue weighted by Crippen LogP contribution is -2.00. The number of ether oxygens (including phenoxy) is 1.